The zero-order valence-corrected chi connectivity index (χ0v) is 12.8. The highest BCUT2D eigenvalue weighted by Gasteiger charge is 2.19. The summed E-state index contributed by atoms with van der Waals surface area (Å²) in [6, 6.07) is 9.43. The van der Waals surface area contributed by atoms with Gasteiger partial charge in [-0.25, -0.2) is 13.6 Å². The molecule has 0 amide bonds. The van der Waals surface area contributed by atoms with Crippen LogP contribution in [0.5, 0.6) is 0 Å². The minimum atomic E-state index is -0.284. The first-order valence-electron chi connectivity index (χ1n) is 6.88. The van der Waals surface area contributed by atoms with Crippen molar-refractivity contribution in [3.8, 4) is 0 Å². The summed E-state index contributed by atoms with van der Waals surface area (Å²) in [6.07, 6.45) is 0.665. The summed E-state index contributed by atoms with van der Waals surface area (Å²) in [7, 11) is 0. The Morgan fingerprint density at radius 1 is 0.952 bits per heavy atom. The smallest absolute Gasteiger partial charge is 0.123 e. The number of aryl methyl sites for hydroxylation is 2. The second-order valence-electron chi connectivity index (χ2n) is 5.23. The first-order chi connectivity index (χ1) is 10.0. The molecule has 0 unspecified atom stereocenters. The molecule has 2 aromatic rings. The average molecular weight is 310 g/mol. The molecule has 112 valence electrons. The van der Waals surface area contributed by atoms with Gasteiger partial charge in [0.05, 0.1) is 0 Å². The lowest BCUT2D eigenvalue weighted by Gasteiger charge is -2.22. The van der Waals surface area contributed by atoms with Crippen molar-refractivity contribution in [1.29, 1.82) is 0 Å². The Kier molecular flexibility index (Phi) is 5.32. The third-order valence-electron chi connectivity index (χ3n) is 3.76. The van der Waals surface area contributed by atoms with Crippen LogP contribution in [0.3, 0.4) is 0 Å². The maximum absolute atomic E-state index is 13.6. The van der Waals surface area contributed by atoms with Crippen LogP contribution in [0.15, 0.2) is 36.4 Å². The van der Waals surface area contributed by atoms with E-state index >= 15 is 0 Å². The Morgan fingerprint density at radius 2 is 1.43 bits per heavy atom. The van der Waals surface area contributed by atoms with Crippen LogP contribution in [0.1, 0.15) is 34.6 Å². The van der Waals surface area contributed by atoms with E-state index in [4.69, 9.17) is 11.8 Å². The summed E-state index contributed by atoms with van der Waals surface area (Å²) >= 11 is 5.56. The molecule has 0 radical (unpaired) electrons. The summed E-state index contributed by atoms with van der Waals surface area (Å²) in [6.45, 7) is 4.42. The van der Waals surface area contributed by atoms with Crippen LogP contribution in [-0.2, 0) is 0 Å². The minimum Gasteiger partial charge on any atom is -0.234 e. The van der Waals surface area contributed by atoms with E-state index in [1.165, 1.54) is 24.3 Å². The van der Waals surface area contributed by atoms with Crippen LogP contribution in [0.2, 0.25) is 0 Å². The summed E-state index contributed by atoms with van der Waals surface area (Å²) in [4.78, 5) is 2.59. The number of rotatable bonds is 5. The number of hydrogen-bond donors (Lipinski definition) is 1. The quantitative estimate of drug-likeness (QED) is 0.779. The highest BCUT2D eigenvalue weighted by molar-refractivity contribution is 6.13. The van der Waals surface area contributed by atoms with E-state index in [1.54, 1.807) is 12.1 Å². The van der Waals surface area contributed by atoms with Crippen molar-refractivity contribution in [1.82, 2.24) is 4.84 Å². The molecule has 21 heavy (non-hydrogen) atoms. The first kappa shape index (κ1) is 15.9. The Hall–Kier alpha value is -1.45. The molecule has 2 rings (SSSR count). The van der Waals surface area contributed by atoms with Crippen molar-refractivity contribution in [2.24, 2.45) is 0 Å². The number of nitrogens with one attached hydrogen (secondary N) is 1. The molecule has 4 heteroatoms. The fourth-order valence-corrected chi connectivity index (χ4v) is 2.76. The molecule has 0 atom stereocenters. The molecule has 1 N–H and O–H groups in total. The maximum Gasteiger partial charge on any atom is 0.123 e. The summed E-state index contributed by atoms with van der Waals surface area (Å²) in [5.41, 5.74) is 3.71. The lowest BCUT2D eigenvalue weighted by molar-refractivity contribution is 0.610. The largest absolute Gasteiger partial charge is 0.234 e. The third kappa shape index (κ3) is 3.80. The van der Waals surface area contributed by atoms with Crippen LogP contribution in [0.25, 0.3) is 0 Å². The Labute approximate surface area is 129 Å². The van der Waals surface area contributed by atoms with Gasteiger partial charge < -0.3 is 0 Å². The lowest BCUT2D eigenvalue weighted by Crippen LogP contribution is -2.12. The van der Waals surface area contributed by atoms with Gasteiger partial charge >= 0.3 is 0 Å². The van der Waals surface area contributed by atoms with E-state index < -0.39 is 0 Å². The topological polar surface area (TPSA) is 12.0 Å². The highest BCUT2D eigenvalue weighted by Crippen LogP contribution is 2.33. The van der Waals surface area contributed by atoms with Crippen LogP contribution >= 0.6 is 11.8 Å². The number of hydrogen-bond acceptors (Lipinski definition) is 1. The van der Waals surface area contributed by atoms with E-state index in [9.17, 15) is 8.78 Å². The summed E-state index contributed by atoms with van der Waals surface area (Å²) in [5, 5.41) is 0. The molecule has 0 fully saturated rings. The standard InChI is InChI=1S/C17H18ClF2N/c1-11-3-5-13(19)9-16(11)15(7-8-21-18)17-10-14(20)6-4-12(17)2/h3-6,9-10,15,21H,7-8H2,1-2H3. The van der Waals surface area contributed by atoms with Crippen LogP contribution in [-0.4, -0.2) is 6.54 Å². The van der Waals surface area contributed by atoms with E-state index in [0.29, 0.717) is 13.0 Å². The molecule has 2 aromatic carbocycles. The fourth-order valence-electron chi connectivity index (χ4n) is 2.65. The number of halogens is 3. The summed E-state index contributed by atoms with van der Waals surface area (Å²) in [5.74, 6) is -0.662. The average Bonchev–Trinajstić information content (AvgIpc) is 2.46. The fraction of sp³-hybridized carbons (Fsp3) is 0.294. The zero-order valence-electron chi connectivity index (χ0n) is 12.1. The van der Waals surface area contributed by atoms with E-state index in [0.717, 1.165) is 22.3 Å². The highest BCUT2D eigenvalue weighted by atomic mass is 35.5. The first-order valence-corrected chi connectivity index (χ1v) is 7.26. The van der Waals surface area contributed by atoms with Crippen LogP contribution in [0, 0.1) is 25.5 Å². The van der Waals surface area contributed by atoms with Crippen LogP contribution < -0.4 is 4.84 Å². The monoisotopic (exact) mass is 309 g/mol. The number of benzene rings is 2. The van der Waals surface area contributed by atoms with Gasteiger partial charge in [-0.3, -0.25) is 0 Å². The van der Waals surface area contributed by atoms with Crippen molar-refractivity contribution in [3.05, 3.63) is 70.3 Å². The van der Waals surface area contributed by atoms with Crippen molar-refractivity contribution in [2.45, 2.75) is 26.2 Å². The molecule has 0 heterocycles. The summed E-state index contributed by atoms with van der Waals surface area (Å²) < 4.78 is 27.2. The van der Waals surface area contributed by atoms with Gasteiger partial charge in [0, 0.05) is 12.5 Å². The second kappa shape index (κ2) is 7.01. The molecular formula is C17H18ClF2N. The molecule has 1 nitrogen and oxygen atoms in total. The van der Waals surface area contributed by atoms with E-state index in [2.05, 4.69) is 4.84 Å². The molecule has 0 aliphatic carbocycles. The van der Waals surface area contributed by atoms with Crippen LogP contribution in [0.4, 0.5) is 8.78 Å². The SMILES string of the molecule is Cc1ccc(F)cc1C(CCNCl)c1cc(F)ccc1C. The third-order valence-corrected chi connectivity index (χ3v) is 3.95. The van der Waals surface area contributed by atoms with Crippen molar-refractivity contribution >= 4 is 11.8 Å². The van der Waals surface area contributed by atoms with Gasteiger partial charge in [0.15, 0.2) is 0 Å². The predicted molar refractivity (Wildman–Crippen MR) is 82.6 cm³/mol. The van der Waals surface area contributed by atoms with Gasteiger partial charge in [-0.05, 0) is 78.6 Å². The molecule has 0 aromatic heterocycles. The van der Waals surface area contributed by atoms with Gasteiger partial charge in [-0.15, -0.1) is 0 Å². The van der Waals surface area contributed by atoms with E-state index in [1.807, 2.05) is 13.8 Å². The molecule has 0 aliphatic rings. The van der Waals surface area contributed by atoms with Gasteiger partial charge in [0.25, 0.3) is 0 Å². The van der Waals surface area contributed by atoms with E-state index in [-0.39, 0.29) is 17.6 Å². The van der Waals surface area contributed by atoms with Crippen molar-refractivity contribution in [3.63, 3.8) is 0 Å². The van der Waals surface area contributed by atoms with Gasteiger partial charge in [0.1, 0.15) is 11.6 Å². The predicted octanol–water partition coefficient (Wildman–Crippen LogP) is 4.85. The van der Waals surface area contributed by atoms with Gasteiger partial charge in [-0.1, -0.05) is 12.1 Å². The van der Waals surface area contributed by atoms with Gasteiger partial charge in [0.2, 0.25) is 0 Å². The molecular weight excluding hydrogens is 292 g/mol. The van der Waals surface area contributed by atoms with Crippen molar-refractivity contribution in [2.75, 3.05) is 6.54 Å². The lowest BCUT2D eigenvalue weighted by atomic mass is 9.84. The van der Waals surface area contributed by atoms with Gasteiger partial charge in [-0.2, -0.15) is 0 Å². The normalized spacial score (nSPS) is 11.1. The molecule has 0 spiro atoms. The molecule has 0 saturated carbocycles. The molecule has 0 aliphatic heterocycles. The Morgan fingerprint density at radius 3 is 1.86 bits per heavy atom. The minimum absolute atomic E-state index is 0.0948. The maximum atomic E-state index is 13.6. The molecule has 0 bridgehead atoms. The Balaban J connectivity index is 2.52. The zero-order chi connectivity index (χ0) is 15.4. The van der Waals surface area contributed by atoms with Crippen molar-refractivity contribution < 1.29 is 8.78 Å². The second-order valence-corrected chi connectivity index (χ2v) is 5.49. The Bertz CT molecular complexity index is 577. The molecule has 0 saturated heterocycles.